The summed E-state index contributed by atoms with van der Waals surface area (Å²) in [4.78, 5) is 24.7. The third-order valence-corrected chi connectivity index (χ3v) is 7.16. The van der Waals surface area contributed by atoms with Crippen molar-refractivity contribution in [2.45, 2.75) is 19.4 Å². The lowest BCUT2D eigenvalue weighted by atomic mass is 10.1. The Balaban J connectivity index is 1.67. The van der Waals surface area contributed by atoms with Crippen molar-refractivity contribution in [3.63, 3.8) is 0 Å². The highest BCUT2D eigenvalue weighted by Crippen LogP contribution is 2.30. The molecule has 4 rings (SSSR count). The fourth-order valence-corrected chi connectivity index (χ4v) is 5.42. The van der Waals surface area contributed by atoms with Crippen LogP contribution in [-0.4, -0.2) is 48.7 Å². The van der Waals surface area contributed by atoms with E-state index in [9.17, 15) is 18.0 Å². The van der Waals surface area contributed by atoms with Crippen LogP contribution < -0.4 is 5.32 Å². The normalized spacial score (nSPS) is 17.1. The van der Waals surface area contributed by atoms with Gasteiger partial charge in [0.2, 0.25) is 0 Å². The molecule has 166 valence electrons. The van der Waals surface area contributed by atoms with E-state index < -0.39 is 21.7 Å². The maximum atomic E-state index is 12.9. The minimum absolute atomic E-state index is 0.00419. The second-order valence-electron chi connectivity index (χ2n) is 7.81. The largest absolute Gasteiger partial charge is 0.465 e. The summed E-state index contributed by atoms with van der Waals surface area (Å²) in [6, 6.07) is 15.5. The molecule has 1 atom stereocenters. The standard InChI is InChI=1S/C23H23N3O5S/c1-15-6-8-16(9-7-15)21-13-20(25-26(21)19-10-11-32(29,30)14-19)22(27)24-18-5-3-4-17(12-18)23(28)31-2/h3-9,12-13,19H,10-11,14H2,1-2H3,(H,24,27)/t19-/m1/s1. The summed E-state index contributed by atoms with van der Waals surface area (Å²) in [5.74, 6) is -0.864. The van der Waals surface area contributed by atoms with Gasteiger partial charge in [0.15, 0.2) is 15.5 Å². The van der Waals surface area contributed by atoms with Crippen LogP contribution in [-0.2, 0) is 14.6 Å². The number of nitrogens with one attached hydrogen (secondary N) is 1. The summed E-state index contributed by atoms with van der Waals surface area (Å²) < 4.78 is 30.4. The van der Waals surface area contributed by atoms with Crippen molar-refractivity contribution in [1.82, 2.24) is 9.78 Å². The summed E-state index contributed by atoms with van der Waals surface area (Å²) in [7, 11) is -1.84. The molecule has 1 aliphatic rings. The van der Waals surface area contributed by atoms with E-state index in [0.717, 1.165) is 11.1 Å². The van der Waals surface area contributed by atoms with Crippen molar-refractivity contribution in [3.05, 3.63) is 71.4 Å². The number of carbonyl (C=O) groups is 2. The minimum atomic E-state index is -3.13. The molecular weight excluding hydrogens is 430 g/mol. The van der Waals surface area contributed by atoms with Crippen LogP contribution in [0.15, 0.2) is 54.6 Å². The van der Waals surface area contributed by atoms with Crippen LogP contribution in [0.2, 0.25) is 0 Å². The Hall–Kier alpha value is -3.46. The van der Waals surface area contributed by atoms with Gasteiger partial charge in [0.25, 0.3) is 5.91 Å². The summed E-state index contributed by atoms with van der Waals surface area (Å²) in [5, 5.41) is 7.22. The highest BCUT2D eigenvalue weighted by atomic mass is 32.2. The smallest absolute Gasteiger partial charge is 0.337 e. The molecule has 1 fully saturated rings. The Morgan fingerprint density at radius 3 is 2.53 bits per heavy atom. The van der Waals surface area contributed by atoms with Crippen LogP contribution in [0, 0.1) is 6.92 Å². The van der Waals surface area contributed by atoms with Gasteiger partial charge in [-0.2, -0.15) is 5.10 Å². The Morgan fingerprint density at radius 1 is 1.12 bits per heavy atom. The molecule has 0 radical (unpaired) electrons. The molecule has 0 aliphatic carbocycles. The molecule has 3 aromatic rings. The average Bonchev–Trinajstić information content (AvgIpc) is 3.37. The number of anilines is 1. The molecule has 0 bridgehead atoms. The molecule has 8 nitrogen and oxygen atoms in total. The van der Waals surface area contributed by atoms with E-state index in [1.807, 2.05) is 31.2 Å². The molecule has 1 saturated heterocycles. The molecule has 0 spiro atoms. The maximum Gasteiger partial charge on any atom is 0.337 e. The van der Waals surface area contributed by atoms with E-state index in [4.69, 9.17) is 4.74 Å². The maximum absolute atomic E-state index is 12.9. The van der Waals surface area contributed by atoms with Gasteiger partial charge in [0, 0.05) is 5.69 Å². The zero-order valence-electron chi connectivity index (χ0n) is 17.7. The SMILES string of the molecule is COC(=O)c1cccc(NC(=O)c2cc(-c3ccc(C)cc3)n([C@@H]3CCS(=O)(=O)C3)n2)c1. The van der Waals surface area contributed by atoms with Gasteiger partial charge in [0.05, 0.1) is 35.9 Å². The van der Waals surface area contributed by atoms with Gasteiger partial charge in [-0.25, -0.2) is 13.2 Å². The molecule has 1 aliphatic heterocycles. The van der Waals surface area contributed by atoms with Gasteiger partial charge in [-0.15, -0.1) is 0 Å². The van der Waals surface area contributed by atoms with Crippen LogP contribution in [0.5, 0.6) is 0 Å². The predicted molar refractivity (Wildman–Crippen MR) is 120 cm³/mol. The zero-order chi connectivity index (χ0) is 22.9. The number of esters is 1. The van der Waals surface area contributed by atoms with Gasteiger partial charge in [0.1, 0.15) is 0 Å². The fraction of sp³-hybridized carbons (Fsp3) is 0.261. The number of aryl methyl sites for hydroxylation is 1. The van der Waals surface area contributed by atoms with Crippen molar-refractivity contribution in [1.29, 1.82) is 0 Å². The number of carbonyl (C=O) groups excluding carboxylic acids is 2. The quantitative estimate of drug-likeness (QED) is 0.594. The molecule has 32 heavy (non-hydrogen) atoms. The Bertz CT molecular complexity index is 1280. The van der Waals surface area contributed by atoms with E-state index in [1.54, 1.807) is 28.9 Å². The monoisotopic (exact) mass is 453 g/mol. The first-order valence-corrected chi connectivity index (χ1v) is 11.9. The second kappa shape index (κ2) is 8.58. The lowest BCUT2D eigenvalue weighted by Crippen LogP contribution is -2.16. The Kier molecular flexibility index (Phi) is 5.84. The number of ether oxygens (including phenoxy) is 1. The Labute approximate surface area is 186 Å². The lowest BCUT2D eigenvalue weighted by molar-refractivity contribution is 0.0600. The van der Waals surface area contributed by atoms with Crippen molar-refractivity contribution in [2.75, 3.05) is 23.9 Å². The molecule has 2 aromatic carbocycles. The summed E-state index contributed by atoms with van der Waals surface area (Å²) in [6.45, 7) is 1.98. The summed E-state index contributed by atoms with van der Waals surface area (Å²) >= 11 is 0. The molecule has 2 heterocycles. The fourth-order valence-electron chi connectivity index (χ4n) is 3.73. The van der Waals surface area contributed by atoms with Gasteiger partial charge in [-0.3, -0.25) is 9.48 Å². The number of sulfone groups is 1. The third kappa shape index (κ3) is 4.57. The number of amides is 1. The van der Waals surface area contributed by atoms with Crippen LogP contribution in [0.3, 0.4) is 0 Å². The number of hydrogen-bond acceptors (Lipinski definition) is 6. The van der Waals surface area contributed by atoms with E-state index in [2.05, 4.69) is 10.4 Å². The summed E-state index contributed by atoms with van der Waals surface area (Å²) in [6.07, 6.45) is 0.450. The highest BCUT2D eigenvalue weighted by Gasteiger charge is 2.32. The van der Waals surface area contributed by atoms with Crippen molar-refractivity contribution in [2.24, 2.45) is 0 Å². The van der Waals surface area contributed by atoms with Crippen LogP contribution in [0.1, 0.15) is 38.9 Å². The number of rotatable bonds is 5. The van der Waals surface area contributed by atoms with Gasteiger partial charge in [-0.05, 0) is 43.2 Å². The van der Waals surface area contributed by atoms with Gasteiger partial charge >= 0.3 is 5.97 Å². The number of methoxy groups -OCH3 is 1. The van der Waals surface area contributed by atoms with Crippen molar-refractivity contribution in [3.8, 4) is 11.3 Å². The first kappa shape index (κ1) is 21.8. The molecule has 1 N–H and O–H groups in total. The first-order chi connectivity index (χ1) is 15.3. The number of nitrogens with zero attached hydrogens (tertiary/aromatic N) is 2. The molecule has 1 aromatic heterocycles. The molecule has 0 saturated carbocycles. The van der Waals surface area contributed by atoms with Crippen LogP contribution >= 0.6 is 0 Å². The minimum Gasteiger partial charge on any atom is -0.465 e. The molecular formula is C23H23N3O5S. The van der Waals surface area contributed by atoms with Gasteiger partial charge < -0.3 is 10.1 Å². The predicted octanol–water partition coefficient (Wildman–Crippen LogP) is 3.26. The molecule has 9 heteroatoms. The summed E-state index contributed by atoms with van der Waals surface area (Å²) in [5.41, 5.74) is 3.51. The zero-order valence-corrected chi connectivity index (χ0v) is 18.6. The molecule has 0 unspecified atom stereocenters. The van der Waals surface area contributed by atoms with Crippen molar-refractivity contribution < 1.29 is 22.7 Å². The van der Waals surface area contributed by atoms with E-state index in [0.29, 0.717) is 23.4 Å². The Morgan fingerprint density at radius 2 is 1.88 bits per heavy atom. The number of benzene rings is 2. The molecule has 1 amide bonds. The van der Waals surface area contributed by atoms with Crippen LogP contribution in [0.4, 0.5) is 5.69 Å². The number of aromatic nitrogens is 2. The second-order valence-corrected chi connectivity index (χ2v) is 10.0. The van der Waals surface area contributed by atoms with Crippen LogP contribution in [0.25, 0.3) is 11.3 Å². The third-order valence-electron chi connectivity index (χ3n) is 5.41. The average molecular weight is 454 g/mol. The van der Waals surface area contributed by atoms with E-state index in [1.165, 1.54) is 13.2 Å². The number of hydrogen-bond donors (Lipinski definition) is 1. The first-order valence-electron chi connectivity index (χ1n) is 10.1. The lowest BCUT2D eigenvalue weighted by Gasteiger charge is -2.13. The highest BCUT2D eigenvalue weighted by molar-refractivity contribution is 7.91. The van der Waals surface area contributed by atoms with E-state index >= 15 is 0 Å². The topological polar surface area (TPSA) is 107 Å². The van der Waals surface area contributed by atoms with Gasteiger partial charge in [-0.1, -0.05) is 35.9 Å². The van der Waals surface area contributed by atoms with E-state index in [-0.39, 0.29) is 23.2 Å². The van der Waals surface area contributed by atoms with Crippen molar-refractivity contribution >= 4 is 27.4 Å².